The monoisotopic (exact) mass is 714 g/mol. The van der Waals surface area contributed by atoms with Gasteiger partial charge in [0.05, 0.1) is 26.8 Å². The van der Waals surface area contributed by atoms with Crippen molar-refractivity contribution in [1.29, 1.82) is 0 Å². The van der Waals surface area contributed by atoms with Gasteiger partial charge in [-0.1, -0.05) is 140 Å². The predicted octanol–water partition coefficient (Wildman–Crippen LogP) is 14.7. The Morgan fingerprint density at radius 3 is 1.62 bits per heavy atom. The highest BCUT2D eigenvalue weighted by Crippen LogP contribution is 2.52. The summed E-state index contributed by atoms with van der Waals surface area (Å²) in [6.45, 7) is 0. The average Bonchev–Trinajstić information content (AvgIpc) is 3.99. The second-order valence-corrected chi connectivity index (χ2v) is 15.8. The first-order valence-electron chi connectivity index (χ1n) is 18.9. The van der Waals surface area contributed by atoms with E-state index in [1.54, 1.807) is 0 Å². The minimum atomic E-state index is 1.16. The van der Waals surface area contributed by atoms with Crippen LogP contribution >= 0.6 is 11.3 Å². The van der Waals surface area contributed by atoms with Crippen LogP contribution in [-0.2, 0) is 0 Å². The van der Waals surface area contributed by atoms with Gasteiger partial charge in [0.15, 0.2) is 0 Å². The van der Waals surface area contributed by atoms with E-state index < -0.39 is 0 Å². The molecule has 0 radical (unpaired) electrons. The van der Waals surface area contributed by atoms with Crippen molar-refractivity contribution in [3.8, 4) is 44.8 Å². The Kier molecular flexibility index (Phi) is 5.80. The molecule has 0 saturated carbocycles. The van der Waals surface area contributed by atoms with E-state index in [1.807, 2.05) is 11.3 Å². The molecule has 254 valence electrons. The highest BCUT2D eigenvalue weighted by Gasteiger charge is 2.27. The first kappa shape index (κ1) is 29.5. The van der Waals surface area contributed by atoms with Gasteiger partial charge in [-0.05, 0) is 86.6 Å². The SMILES string of the molecule is c1ccc(-n2c3ccccc3c3c2c2sc4ccccc4c2c2c4ccccc4n(-c4ccc(-c5ccc6c7c(cccc57)-c5ccccc5-6)cc4)c23)cc1. The fraction of sp³-hybridized carbons (Fsp3) is 0. The van der Waals surface area contributed by atoms with Crippen molar-refractivity contribution >= 4 is 85.9 Å². The molecule has 0 unspecified atom stereocenters. The van der Waals surface area contributed by atoms with E-state index in [0.29, 0.717) is 0 Å². The Bertz CT molecular complexity index is 3550. The van der Waals surface area contributed by atoms with Crippen LogP contribution in [0.1, 0.15) is 0 Å². The summed E-state index contributed by atoms with van der Waals surface area (Å²) in [5.41, 5.74) is 15.1. The molecule has 0 atom stereocenters. The van der Waals surface area contributed by atoms with Crippen LogP contribution in [0.25, 0.3) is 119 Å². The standard InChI is InChI=1S/C52H30N2S/c1-2-13-32(14-3-1)54-44-23-10-7-18-41(44)49-50-47(48-42-19-8-11-24-45(42)55-52(48)51(49)54)40-17-6-9-22-43(40)53(50)33-27-25-31(26-28-33)34-29-30-39-36-16-5-4-15-35(36)38-21-12-20-37(34)46(38)39/h1-30H. The zero-order chi connectivity index (χ0) is 35.8. The van der Waals surface area contributed by atoms with Gasteiger partial charge in [0.25, 0.3) is 0 Å². The molecule has 9 aromatic carbocycles. The summed E-state index contributed by atoms with van der Waals surface area (Å²) in [7, 11) is 0. The molecule has 3 aromatic heterocycles. The molecular weight excluding hydrogens is 685 g/mol. The maximum Gasteiger partial charge on any atom is 0.0741 e. The van der Waals surface area contributed by atoms with E-state index in [1.165, 1.54) is 114 Å². The van der Waals surface area contributed by atoms with Crippen molar-refractivity contribution in [3.63, 3.8) is 0 Å². The minimum Gasteiger partial charge on any atom is -0.309 e. The Balaban J connectivity index is 1.14. The van der Waals surface area contributed by atoms with Crippen molar-refractivity contribution in [2.45, 2.75) is 0 Å². The van der Waals surface area contributed by atoms with E-state index in [0.717, 1.165) is 5.69 Å². The summed E-state index contributed by atoms with van der Waals surface area (Å²) in [4.78, 5) is 0. The van der Waals surface area contributed by atoms with Gasteiger partial charge in [-0.3, -0.25) is 0 Å². The highest BCUT2D eigenvalue weighted by atomic mass is 32.1. The highest BCUT2D eigenvalue weighted by molar-refractivity contribution is 7.27. The molecule has 0 amide bonds. The van der Waals surface area contributed by atoms with Gasteiger partial charge in [-0.25, -0.2) is 0 Å². The molecule has 0 N–H and O–H groups in total. The molecule has 12 aromatic rings. The molecule has 3 heteroatoms. The Labute approximate surface area is 320 Å². The zero-order valence-corrected chi connectivity index (χ0v) is 30.4. The molecule has 0 fully saturated rings. The average molecular weight is 715 g/mol. The second kappa shape index (κ2) is 10.8. The number of hydrogen-bond donors (Lipinski definition) is 0. The molecule has 0 saturated heterocycles. The maximum atomic E-state index is 2.54. The smallest absolute Gasteiger partial charge is 0.0741 e. The molecular formula is C52H30N2S. The van der Waals surface area contributed by atoms with Crippen molar-refractivity contribution in [2.75, 3.05) is 0 Å². The fourth-order valence-corrected chi connectivity index (χ4v) is 11.1. The number of thiophene rings is 1. The Hall–Kier alpha value is -6.94. The van der Waals surface area contributed by atoms with Gasteiger partial charge >= 0.3 is 0 Å². The quantitative estimate of drug-likeness (QED) is 0.172. The third-order valence-electron chi connectivity index (χ3n) is 12.0. The van der Waals surface area contributed by atoms with Crippen molar-refractivity contribution in [3.05, 3.63) is 182 Å². The molecule has 1 aliphatic carbocycles. The van der Waals surface area contributed by atoms with Crippen LogP contribution in [-0.4, -0.2) is 9.13 Å². The van der Waals surface area contributed by atoms with Crippen LogP contribution in [0.4, 0.5) is 0 Å². The molecule has 0 bridgehead atoms. The van der Waals surface area contributed by atoms with Gasteiger partial charge < -0.3 is 9.13 Å². The third-order valence-corrected chi connectivity index (χ3v) is 13.2. The normalized spacial score (nSPS) is 12.4. The topological polar surface area (TPSA) is 9.86 Å². The maximum absolute atomic E-state index is 2.54. The van der Waals surface area contributed by atoms with Gasteiger partial charge in [-0.2, -0.15) is 0 Å². The van der Waals surface area contributed by atoms with Crippen LogP contribution in [0.3, 0.4) is 0 Å². The summed E-state index contributed by atoms with van der Waals surface area (Å²) in [6.07, 6.45) is 0. The summed E-state index contributed by atoms with van der Waals surface area (Å²) < 4.78 is 7.68. The van der Waals surface area contributed by atoms with Gasteiger partial charge in [0, 0.05) is 48.4 Å². The molecule has 2 nitrogen and oxygen atoms in total. The number of rotatable bonds is 3. The van der Waals surface area contributed by atoms with Gasteiger partial charge in [-0.15, -0.1) is 11.3 Å². The first-order valence-corrected chi connectivity index (χ1v) is 19.8. The van der Waals surface area contributed by atoms with Crippen LogP contribution < -0.4 is 0 Å². The first-order chi connectivity index (χ1) is 27.3. The van der Waals surface area contributed by atoms with Crippen LogP contribution in [0.2, 0.25) is 0 Å². The van der Waals surface area contributed by atoms with E-state index in [4.69, 9.17) is 0 Å². The number of hydrogen-bond acceptors (Lipinski definition) is 1. The Morgan fingerprint density at radius 1 is 0.309 bits per heavy atom. The summed E-state index contributed by atoms with van der Waals surface area (Å²) in [5.74, 6) is 0. The van der Waals surface area contributed by atoms with Crippen molar-refractivity contribution < 1.29 is 0 Å². The number of fused-ring (bicyclic) bond motifs is 15. The molecule has 0 spiro atoms. The predicted molar refractivity (Wildman–Crippen MR) is 235 cm³/mol. The third kappa shape index (κ3) is 3.82. The summed E-state index contributed by atoms with van der Waals surface area (Å²) >= 11 is 1.92. The minimum absolute atomic E-state index is 1.16. The lowest BCUT2D eigenvalue weighted by Gasteiger charge is -2.13. The molecule has 1 aliphatic rings. The second-order valence-electron chi connectivity index (χ2n) is 14.8. The summed E-state index contributed by atoms with van der Waals surface area (Å²) in [6, 6.07) is 67.3. The van der Waals surface area contributed by atoms with Crippen LogP contribution in [0, 0.1) is 0 Å². The Morgan fingerprint density at radius 2 is 0.855 bits per heavy atom. The number of aromatic nitrogens is 2. The largest absolute Gasteiger partial charge is 0.309 e. The van der Waals surface area contributed by atoms with Crippen molar-refractivity contribution in [2.24, 2.45) is 0 Å². The lowest BCUT2D eigenvalue weighted by molar-refractivity contribution is 1.18. The van der Waals surface area contributed by atoms with Crippen molar-refractivity contribution in [1.82, 2.24) is 9.13 Å². The lowest BCUT2D eigenvalue weighted by atomic mass is 9.94. The van der Waals surface area contributed by atoms with Gasteiger partial charge in [0.1, 0.15) is 0 Å². The summed E-state index contributed by atoms with van der Waals surface area (Å²) in [5, 5.41) is 10.5. The van der Waals surface area contributed by atoms with Crippen LogP contribution in [0.15, 0.2) is 182 Å². The van der Waals surface area contributed by atoms with E-state index >= 15 is 0 Å². The van der Waals surface area contributed by atoms with E-state index in [2.05, 4.69) is 191 Å². The molecule has 55 heavy (non-hydrogen) atoms. The molecule has 0 aliphatic heterocycles. The molecule has 13 rings (SSSR count). The van der Waals surface area contributed by atoms with Gasteiger partial charge in [0.2, 0.25) is 0 Å². The fourth-order valence-electron chi connectivity index (χ4n) is 9.85. The lowest BCUT2D eigenvalue weighted by Crippen LogP contribution is -1.96. The zero-order valence-electron chi connectivity index (χ0n) is 29.6. The van der Waals surface area contributed by atoms with Crippen LogP contribution in [0.5, 0.6) is 0 Å². The van der Waals surface area contributed by atoms with E-state index in [9.17, 15) is 0 Å². The van der Waals surface area contributed by atoms with E-state index in [-0.39, 0.29) is 0 Å². The molecule has 3 heterocycles. The number of para-hydroxylation sites is 3. The number of benzene rings is 9. The number of nitrogens with zero attached hydrogens (tertiary/aromatic N) is 2.